The average Bonchev–Trinajstić information content (AvgIpc) is 2.56. The molecule has 0 unspecified atom stereocenters. The minimum Gasteiger partial charge on any atom is -0.308 e. The highest BCUT2D eigenvalue weighted by Gasteiger charge is 2.09. The molecule has 0 aliphatic carbocycles. The number of hydrogen-bond acceptors (Lipinski definition) is 5. The zero-order valence-corrected chi connectivity index (χ0v) is 11.0. The van der Waals surface area contributed by atoms with E-state index in [1.807, 2.05) is 30.3 Å². The number of nitrogens with one attached hydrogen (secondary N) is 1. The first-order valence-electron chi connectivity index (χ1n) is 6.29. The molecule has 0 spiro atoms. The molecule has 0 bridgehead atoms. The molecule has 0 aliphatic heterocycles. The van der Waals surface area contributed by atoms with E-state index in [1.54, 1.807) is 6.07 Å². The van der Waals surface area contributed by atoms with Gasteiger partial charge in [-0.05, 0) is 12.1 Å². The van der Waals surface area contributed by atoms with Crippen LogP contribution >= 0.6 is 0 Å². The molecular formula is C15H12FN5. The molecule has 0 atom stereocenters. The van der Waals surface area contributed by atoms with Crippen molar-refractivity contribution in [2.45, 2.75) is 0 Å². The van der Waals surface area contributed by atoms with Crippen LogP contribution in [-0.2, 0) is 0 Å². The number of aromatic nitrogens is 3. The molecule has 6 heteroatoms. The van der Waals surface area contributed by atoms with Gasteiger partial charge < -0.3 is 5.43 Å². The highest BCUT2D eigenvalue weighted by atomic mass is 19.1. The zero-order valence-electron chi connectivity index (χ0n) is 11.0. The van der Waals surface area contributed by atoms with E-state index in [9.17, 15) is 4.39 Å². The van der Waals surface area contributed by atoms with Crippen LogP contribution in [0.15, 0.2) is 54.7 Å². The first-order chi connectivity index (χ1) is 10.3. The van der Waals surface area contributed by atoms with Crippen molar-refractivity contribution in [1.82, 2.24) is 15.0 Å². The molecule has 0 radical (unpaired) electrons. The van der Waals surface area contributed by atoms with Crippen molar-refractivity contribution in [3.8, 4) is 22.8 Å². The molecule has 2 heterocycles. The summed E-state index contributed by atoms with van der Waals surface area (Å²) in [5.41, 5.74) is 4.62. The zero-order chi connectivity index (χ0) is 14.7. The van der Waals surface area contributed by atoms with Crippen molar-refractivity contribution in [1.29, 1.82) is 0 Å². The van der Waals surface area contributed by atoms with Gasteiger partial charge >= 0.3 is 0 Å². The van der Waals surface area contributed by atoms with E-state index in [4.69, 9.17) is 5.84 Å². The monoisotopic (exact) mass is 281 g/mol. The van der Waals surface area contributed by atoms with E-state index in [0.29, 0.717) is 23.0 Å². The standard InChI is InChI=1S/C15H12FN5/c16-11-6-7-12(18-9-11)15-19-13(8-14(20-15)21-17)10-4-2-1-3-5-10/h1-9H,17H2,(H,19,20,21). The summed E-state index contributed by atoms with van der Waals surface area (Å²) in [6.45, 7) is 0. The van der Waals surface area contributed by atoms with Crippen molar-refractivity contribution < 1.29 is 4.39 Å². The summed E-state index contributed by atoms with van der Waals surface area (Å²) in [5, 5.41) is 0. The fraction of sp³-hybridized carbons (Fsp3) is 0. The van der Waals surface area contributed by atoms with E-state index < -0.39 is 5.82 Å². The van der Waals surface area contributed by atoms with Crippen molar-refractivity contribution >= 4 is 5.82 Å². The van der Waals surface area contributed by atoms with Crippen LogP contribution in [0.4, 0.5) is 10.2 Å². The SMILES string of the molecule is NNc1cc(-c2ccccc2)nc(-c2ccc(F)cn2)n1. The quantitative estimate of drug-likeness (QED) is 0.570. The Hall–Kier alpha value is -2.86. The van der Waals surface area contributed by atoms with Crippen LogP contribution in [-0.4, -0.2) is 15.0 Å². The van der Waals surface area contributed by atoms with E-state index in [0.717, 1.165) is 11.8 Å². The molecule has 0 saturated heterocycles. The van der Waals surface area contributed by atoms with Gasteiger partial charge in [-0.2, -0.15) is 0 Å². The summed E-state index contributed by atoms with van der Waals surface area (Å²) in [7, 11) is 0. The second kappa shape index (κ2) is 5.64. The van der Waals surface area contributed by atoms with Crippen LogP contribution in [0.2, 0.25) is 0 Å². The topological polar surface area (TPSA) is 76.7 Å². The van der Waals surface area contributed by atoms with E-state index in [2.05, 4.69) is 20.4 Å². The van der Waals surface area contributed by atoms with Gasteiger partial charge in [-0.25, -0.2) is 25.2 Å². The number of anilines is 1. The summed E-state index contributed by atoms with van der Waals surface area (Å²) in [5.74, 6) is 5.88. The Morgan fingerprint density at radius 1 is 0.952 bits per heavy atom. The van der Waals surface area contributed by atoms with Gasteiger partial charge in [-0.1, -0.05) is 30.3 Å². The molecule has 0 aliphatic rings. The van der Waals surface area contributed by atoms with Crippen molar-refractivity contribution in [2.24, 2.45) is 5.84 Å². The Morgan fingerprint density at radius 2 is 1.76 bits per heavy atom. The lowest BCUT2D eigenvalue weighted by Crippen LogP contribution is -2.10. The molecule has 2 aromatic heterocycles. The maximum absolute atomic E-state index is 13.0. The lowest BCUT2D eigenvalue weighted by Gasteiger charge is -2.07. The van der Waals surface area contributed by atoms with Gasteiger partial charge in [0, 0.05) is 11.6 Å². The fourth-order valence-electron chi connectivity index (χ4n) is 1.90. The number of benzene rings is 1. The van der Waals surface area contributed by atoms with Crippen LogP contribution < -0.4 is 11.3 Å². The lowest BCUT2D eigenvalue weighted by atomic mass is 10.1. The number of nitrogens with zero attached hydrogens (tertiary/aromatic N) is 3. The average molecular weight is 281 g/mol. The second-order valence-corrected chi connectivity index (χ2v) is 4.33. The largest absolute Gasteiger partial charge is 0.308 e. The first kappa shape index (κ1) is 13.1. The van der Waals surface area contributed by atoms with Crippen LogP contribution in [0.5, 0.6) is 0 Å². The lowest BCUT2D eigenvalue weighted by molar-refractivity contribution is 0.621. The predicted molar refractivity (Wildman–Crippen MR) is 78.5 cm³/mol. The predicted octanol–water partition coefficient (Wildman–Crippen LogP) is 2.63. The Kier molecular flexibility index (Phi) is 3.53. The Labute approximate surface area is 120 Å². The Bertz CT molecular complexity index is 744. The number of hydrogen-bond donors (Lipinski definition) is 2. The summed E-state index contributed by atoms with van der Waals surface area (Å²) in [6.07, 6.45) is 1.13. The molecule has 3 aromatic rings. The summed E-state index contributed by atoms with van der Waals surface area (Å²) in [4.78, 5) is 12.7. The molecule has 3 N–H and O–H groups in total. The third-order valence-corrected chi connectivity index (χ3v) is 2.90. The molecule has 3 rings (SSSR count). The van der Waals surface area contributed by atoms with Crippen LogP contribution in [0.1, 0.15) is 0 Å². The smallest absolute Gasteiger partial charge is 0.180 e. The number of pyridine rings is 1. The van der Waals surface area contributed by atoms with Crippen molar-refractivity contribution in [3.05, 3.63) is 60.5 Å². The minimum atomic E-state index is -0.407. The van der Waals surface area contributed by atoms with Crippen LogP contribution in [0.25, 0.3) is 22.8 Å². The Morgan fingerprint density at radius 3 is 2.43 bits per heavy atom. The number of rotatable bonds is 3. The van der Waals surface area contributed by atoms with Crippen molar-refractivity contribution in [3.63, 3.8) is 0 Å². The number of halogens is 1. The number of nitrogens with two attached hydrogens (primary N) is 1. The van der Waals surface area contributed by atoms with Gasteiger partial charge in [-0.15, -0.1) is 0 Å². The molecule has 104 valence electrons. The van der Waals surface area contributed by atoms with Crippen molar-refractivity contribution in [2.75, 3.05) is 5.43 Å². The molecule has 0 saturated carbocycles. The molecule has 0 fully saturated rings. The fourth-order valence-corrected chi connectivity index (χ4v) is 1.90. The molecule has 1 aromatic carbocycles. The molecule has 5 nitrogen and oxygen atoms in total. The molecule has 21 heavy (non-hydrogen) atoms. The van der Waals surface area contributed by atoms with E-state index in [1.165, 1.54) is 12.1 Å². The minimum absolute atomic E-state index is 0.379. The highest BCUT2D eigenvalue weighted by Crippen LogP contribution is 2.22. The van der Waals surface area contributed by atoms with E-state index >= 15 is 0 Å². The van der Waals surface area contributed by atoms with Crippen LogP contribution in [0, 0.1) is 5.82 Å². The number of nitrogen functional groups attached to an aromatic ring is 1. The van der Waals surface area contributed by atoms with Crippen LogP contribution in [0.3, 0.4) is 0 Å². The van der Waals surface area contributed by atoms with E-state index in [-0.39, 0.29) is 0 Å². The maximum Gasteiger partial charge on any atom is 0.180 e. The van der Waals surface area contributed by atoms with Gasteiger partial charge in [0.05, 0.1) is 11.9 Å². The van der Waals surface area contributed by atoms with Gasteiger partial charge in [-0.3, -0.25) is 0 Å². The molecular weight excluding hydrogens is 269 g/mol. The van der Waals surface area contributed by atoms with Gasteiger partial charge in [0.2, 0.25) is 0 Å². The molecule has 0 amide bonds. The summed E-state index contributed by atoms with van der Waals surface area (Å²) < 4.78 is 13.0. The van der Waals surface area contributed by atoms with Gasteiger partial charge in [0.1, 0.15) is 17.3 Å². The summed E-state index contributed by atoms with van der Waals surface area (Å²) >= 11 is 0. The summed E-state index contributed by atoms with van der Waals surface area (Å²) in [6, 6.07) is 14.2. The Balaban J connectivity index is 2.11. The maximum atomic E-state index is 13.0. The third-order valence-electron chi connectivity index (χ3n) is 2.90. The second-order valence-electron chi connectivity index (χ2n) is 4.33. The number of hydrazine groups is 1. The highest BCUT2D eigenvalue weighted by molar-refractivity contribution is 5.66. The van der Waals surface area contributed by atoms with Gasteiger partial charge in [0.15, 0.2) is 5.82 Å². The first-order valence-corrected chi connectivity index (χ1v) is 6.29. The normalized spacial score (nSPS) is 10.4. The van der Waals surface area contributed by atoms with Gasteiger partial charge in [0.25, 0.3) is 0 Å². The third kappa shape index (κ3) is 2.85.